The molecule has 0 saturated heterocycles. The van der Waals surface area contributed by atoms with E-state index in [9.17, 15) is 29.1 Å². The summed E-state index contributed by atoms with van der Waals surface area (Å²) in [5, 5.41) is 48.4. The number of carbonyl (C=O) groups is 5. The van der Waals surface area contributed by atoms with Gasteiger partial charge in [0, 0.05) is 49.9 Å². The highest BCUT2D eigenvalue weighted by atomic mass is 16.4. The molecule has 15 nitrogen and oxygen atoms in total. The quantitative estimate of drug-likeness (QED) is 0.0258. The molecule has 0 aromatic heterocycles. The van der Waals surface area contributed by atoms with E-state index in [0.29, 0.717) is 45.3 Å². The van der Waals surface area contributed by atoms with Gasteiger partial charge in [-0.1, -0.05) is 90.2 Å². The normalized spacial score (nSPS) is 13.1. The topological polar surface area (TPSA) is 230 Å². The maximum absolute atomic E-state index is 12.8. The zero-order valence-electron chi connectivity index (χ0n) is 37.9. The molecule has 2 radical (unpaired) electrons. The predicted molar refractivity (Wildman–Crippen MR) is 245 cm³/mol. The van der Waals surface area contributed by atoms with Crippen LogP contribution in [0.4, 0.5) is 0 Å². The molecule has 0 heterocycles. The molecule has 61 heavy (non-hydrogen) atoms. The molecular formula is C45H84BN7O8. The highest BCUT2D eigenvalue weighted by Crippen LogP contribution is 2.15. The Bertz CT molecular complexity index is 1230. The molecule has 350 valence electrons. The lowest BCUT2D eigenvalue weighted by Gasteiger charge is -2.21. The molecule has 0 aliphatic heterocycles. The fourth-order valence-corrected chi connectivity index (χ4v) is 7.18. The van der Waals surface area contributed by atoms with Gasteiger partial charge in [-0.05, 0) is 97.6 Å². The smallest absolute Gasteiger partial charge is 0.326 e. The minimum Gasteiger partial charge on any atom is -0.481 e. The van der Waals surface area contributed by atoms with Crippen LogP contribution in [0.1, 0.15) is 173 Å². The molecule has 16 heteroatoms. The Morgan fingerprint density at radius 3 is 1.36 bits per heavy atom. The van der Waals surface area contributed by atoms with Gasteiger partial charge in [-0.15, -0.1) is 0 Å². The second-order valence-corrected chi connectivity index (χ2v) is 16.3. The fraction of sp³-hybridized carbons (Fsp3) is 0.800. The number of hydrogen-bond acceptors (Lipinski definition) is 10. The van der Waals surface area contributed by atoms with Crippen LogP contribution in [0.2, 0.25) is 0 Å². The third kappa shape index (κ3) is 33.7. The van der Waals surface area contributed by atoms with Gasteiger partial charge in [-0.25, -0.2) is 4.79 Å². The summed E-state index contributed by atoms with van der Waals surface area (Å²) in [7, 11) is 8.95. The number of aliphatic carboxylic acids is 3. The zero-order chi connectivity index (χ0) is 45.5. The van der Waals surface area contributed by atoms with Gasteiger partial charge in [-0.2, -0.15) is 0 Å². The number of likely N-dealkylation sites (N-methyl/N-ethyl adjacent to an activating group) is 2. The molecule has 0 aliphatic rings. The lowest BCUT2D eigenvalue weighted by atomic mass is 10.0. The number of nitrogens with one attached hydrogen (secondary N) is 7. The molecular weight excluding hydrogens is 777 g/mol. The first-order valence-electron chi connectivity index (χ1n) is 23.3. The van der Waals surface area contributed by atoms with Crippen molar-refractivity contribution >= 4 is 37.7 Å². The van der Waals surface area contributed by atoms with Crippen molar-refractivity contribution < 1.29 is 39.3 Å². The predicted octanol–water partition coefficient (Wildman–Crippen LogP) is 5.80. The molecule has 0 rings (SSSR count). The molecule has 0 saturated carbocycles. The van der Waals surface area contributed by atoms with Crippen LogP contribution in [0.3, 0.4) is 0 Å². The summed E-state index contributed by atoms with van der Waals surface area (Å²) in [5.41, 5.74) is 1.61. The molecule has 0 fully saturated rings. The minimum atomic E-state index is -1.05. The number of carbonyl (C=O) groups excluding carboxylic acids is 2. The maximum atomic E-state index is 12.8. The lowest BCUT2D eigenvalue weighted by Crippen LogP contribution is -2.43. The van der Waals surface area contributed by atoms with Crippen LogP contribution >= 0.6 is 0 Å². The Kier molecular flexibility index (Phi) is 36.9. The van der Waals surface area contributed by atoms with Crippen LogP contribution in [0.25, 0.3) is 0 Å². The van der Waals surface area contributed by atoms with Crippen molar-refractivity contribution in [2.24, 2.45) is 0 Å². The number of rotatable bonds is 45. The van der Waals surface area contributed by atoms with Crippen molar-refractivity contribution in [3.05, 3.63) is 24.6 Å². The van der Waals surface area contributed by atoms with Crippen molar-refractivity contribution in [3.63, 3.8) is 0 Å². The molecule has 2 amide bonds. The van der Waals surface area contributed by atoms with E-state index in [1.54, 1.807) is 7.05 Å². The zero-order valence-corrected chi connectivity index (χ0v) is 37.9. The molecule has 0 spiro atoms. The van der Waals surface area contributed by atoms with E-state index in [1.165, 1.54) is 44.9 Å². The molecule has 4 atom stereocenters. The Morgan fingerprint density at radius 1 is 0.475 bits per heavy atom. The van der Waals surface area contributed by atoms with Crippen molar-refractivity contribution in [2.45, 2.75) is 198 Å². The molecule has 0 aromatic rings. The standard InChI is InChI=1S/C45H84BN7O8/c1-35(30-31-39(44(58)59)52-41(54)28-17-15-13-11-9-7-5-6-8-10-12-14-16-18-29-42(55)56)49-32-22-20-26-38(48-4)43(57)51-34-24-19-25-37(47-3)36(2)50-33-23-21-27-40(53-46)45(60)61/h37-40,47-50,53H,1-2,5-34H2,3-4H3,(H,51,57)(H,52,54)(H,55,56)(H,58,59)(H,60,61)/t37?,38-,39?,40?/m0/s1. The van der Waals surface area contributed by atoms with E-state index >= 15 is 0 Å². The summed E-state index contributed by atoms with van der Waals surface area (Å²) in [6.45, 7) is 10.1. The maximum Gasteiger partial charge on any atom is 0.326 e. The van der Waals surface area contributed by atoms with Crippen LogP contribution in [0.15, 0.2) is 24.6 Å². The highest BCUT2D eigenvalue weighted by molar-refractivity contribution is 6.06. The number of carboxylic acids is 3. The second kappa shape index (κ2) is 39.2. The molecule has 10 N–H and O–H groups in total. The Morgan fingerprint density at radius 2 is 0.902 bits per heavy atom. The highest BCUT2D eigenvalue weighted by Gasteiger charge is 2.20. The lowest BCUT2D eigenvalue weighted by molar-refractivity contribution is -0.142. The van der Waals surface area contributed by atoms with E-state index in [2.05, 4.69) is 50.3 Å². The Hall–Kier alpha value is -3.63. The minimum absolute atomic E-state index is 0.0260. The van der Waals surface area contributed by atoms with Crippen molar-refractivity contribution in [1.29, 1.82) is 0 Å². The Labute approximate surface area is 369 Å². The van der Waals surface area contributed by atoms with E-state index in [-0.39, 0.29) is 36.7 Å². The second-order valence-electron chi connectivity index (χ2n) is 16.3. The van der Waals surface area contributed by atoms with Crippen molar-refractivity contribution in [3.8, 4) is 0 Å². The molecule has 0 aliphatic carbocycles. The van der Waals surface area contributed by atoms with Gasteiger partial charge >= 0.3 is 17.9 Å². The molecule has 0 bridgehead atoms. The first-order chi connectivity index (χ1) is 29.4. The average molecular weight is 862 g/mol. The number of amides is 2. The first-order valence-corrected chi connectivity index (χ1v) is 23.3. The third-order valence-corrected chi connectivity index (χ3v) is 11.1. The largest absolute Gasteiger partial charge is 0.481 e. The summed E-state index contributed by atoms with van der Waals surface area (Å²) in [4.78, 5) is 58.7. The number of carboxylic acid groups (broad SMARTS) is 3. The average Bonchev–Trinajstić information content (AvgIpc) is 3.22. The summed E-state index contributed by atoms with van der Waals surface area (Å²) >= 11 is 0. The van der Waals surface area contributed by atoms with Crippen LogP contribution in [-0.4, -0.2) is 111 Å². The van der Waals surface area contributed by atoms with Gasteiger partial charge in [0.05, 0.1) is 12.1 Å². The Balaban J connectivity index is 4.02. The number of unbranched alkanes of at least 4 members (excludes halogenated alkanes) is 16. The monoisotopic (exact) mass is 862 g/mol. The summed E-state index contributed by atoms with van der Waals surface area (Å²) in [6, 6.07) is -1.91. The molecule has 0 aromatic carbocycles. The van der Waals surface area contributed by atoms with E-state index in [4.69, 9.17) is 18.2 Å². The van der Waals surface area contributed by atoms with E-state index in [0.717, 1.165) is 101 Å². The van der Waals surface area contributed by atoms with Gasteiger partial charge in [-0.3, -0.25) is 19.2 Å². The van der Waals surface area contributed by atoms with Gasteiger partial charge in [0.15, 0.2) is 7.98 Å². The third-order valence-electron chi connectivity index (χ3n) is 11.1. The van der Waals surface area contributed by atoms with Crippen LogP contribution < -0.4 is 37.1 Å². The van der Waals surface area contributed by atoms with Gasteiger partial charge < -0.3 is 52.4 Å². The van der Waals surface area contributed by atoms with Gasteiger partial charge in [0.1, 0.15) is 6.04 Å². The summed E-state index contributed by atoms with van der Waals surface area (Å²) < 4.78 is 0. The first kappa shape index (κ1) is 57.4. The van der Waals surface area contributed by atoms with E-state index < -0.39 is 30.0 Å². The van der Waals surface area contributed by atoms with Crippen LogP contribution in [0, 0.1) is 0 Å². The van der Waals surface area contributed by atoms with Crippen LogP contribution in [-0.2, 0) is 24.0 Å². The van der Waals surface area contributed by atoms with E-state index in [1.807, 2.05) is 7.05 Å². The molecule has 3 unspecified atom stereocenters. The SMILES string of the molecule is [B]NC(CCCCNC(=C)C(CCCCNC(=O)[C@H](CCCCNC(=C)CCC(NC(=O)CCCCCCCCCCCCCCCCC(=O)O)C(=O)O)NC)NC)C(=O)O. The fourth-order valence-electron chi connectivity index (χ4n) is 7.18. The number of hydrogen-bond donors (Lipinski definition) is 10. The number of allylic oxidation sites excluding steroid dienone is 1. The van der Waals surface area contributed by atoms with Gasteiger partial charge in [0.2, 0.25) is 11.8 Å². The van der Waals surface area contributed by atoms with Crippen LogP contribution in [0.5, 0.6) is 0 Å². The van der Waals surface area contributed by atoms with Crippen molar-refractivity contribution in [2.75, 3.05) is 33.7 Å². The summed E-state index contributed by atoms with van der Waals surface area (Å²) in [6.07, 6.45) is 23.6. The van der Waals surface area contributed by atoms with Gasteiger partial charge in [0.25, 0.3) is 0 Å². The summed E-state index contributed by atoms with van der Waals surface area (Å²) in [5.74, 6) is -2.96. The van der Waals surface area contributed by atoms with Crippen molar-refractivity contribution in [1.82, 2.24) is 37.1 Å².